The number of carboxylic acids is 1. The number of aryl methyl sites for hydroxylation is 2. The van der Waals surface area contributed by atoms with Gasteiger partial charge >= 0.3 is 5.97 Å². The fourth-order valence-electron chi connectivity index (χ4n) is 10.3. The molecule has 2 fully saturated rings. The second kappa shape index (κ2) is 20.1. The maximum atomic E-state index is 13.6. The molecule has 16 nitrogen and oxygen atoms in total. The molecule has 6 heterocycles. The summed E-state index contributed by atoms with van der Waals surface area (Å²) in [5.74, 6) is -0.766. The molecule has 4 aromatic carbocycles. The molecule has 3 aliphatic rings. The van der Waals surface area contributed by atoms with Crippen LogP contribution in [0.1, 0.15) is 94.6 Å². The summed E-state index contributed by atoms with van der Waals surface area (Å²) >= 11 is 1.43. The first-order chi connectivity index (χ1) is 34.3. The van der Waals surface area contributed by atoms with Crippen LogP contribution in [0.2, 0.25) is 0 Å². The lowest BCUT2D eigenvalue weighted by Gasteiger charge is -2.32. The normalized spacial score (nSPS) is 16.9. The molecule has 4 N–H and O–H groups in total. The van der Waals surface area contributed by atoms with Gasteiger partial charge in [0.25, 0.3) is 5.91 Å². The van der Waals surface area contributed by atoms with E-state index in [1.807, 2.05) is 103 Å². The van der Waals surface area contributed by atoms with Gasteiger partial charge in [0.15, 0.2) is 10.8 Å². The number of benzene rings is 4. The van der Waals surface area contributed by atoms with Gasteiger partial charge in [-0.1, -0.05) is 41.7 Å². The number of pyridine rings is 1. The molecular weight excluding hydrogens is 919 g/mol. The van der Waals surface area contributed by atoms with Gasteiger partial charge in [-0.15, -0.1) is 0 Å². The number of amides is 4. The van der Waals surface area contributed by atoms with Crippen LogP contribution >= 0.6 is 11.3 Å². The van der Waals surface area contributed by atoms with Crippen LogP contribution in [0.15, 0.2) is 91.0 Å². The number of fused-ring (bicyclic) bond motifs is 3. The zero-order valence-electron chi connectivity index (χ0n) is 39.9. The van der Waals surface area contributed by atoms with Crippen LogP contribution in [0.4, 0.5) is 16.6 Å². The van der Waals surface area contributed by atoms with Crippen molar-refractivity contribution in [3.8, 4) is 16.9 Å². The van der Waals surface area contributed by atoms with Crippen LogP contribution in [0.25, 0.3) is 32.2 Å². The van der Waals surface area contributed by atoms with Crippen molar-refractivity contribution in [3.05, 3.63) is 125 Å². The number of carbonyl (C=O) groups excluding carboxylic acids is 4. The van der Waals surface area contributed by atoms with Gasteiger partial charge in [-0.05, 0) is 154 Å². The Morgan fingerprint density at radius 2 is 1.72 bits per heavy atom. The predicted octanol–water partition coefficient (Wildman–Crippen LogP) is 8.49. The Balaban J connectivity index is 0.704. The molecule has 2 atom stereocenters. The van der Waals surface area contributed by atoms with Crippen LogP contribution in [0.5, 0.6) is 5.75 Å². The number of nitrogens with zero attached hydrogens (tertiary/aromatic N) is 6. The molecule has 0 bridgehead atoms. The van der Waals surface area contributed by atoms with E-state index in [0.29, 0.717) is 77.6 Å². The summed E-state index contributed by atoms with van der Waals surface area (Å²) in [5, 5.41) is 24.8. The largest absolute Gasteiger partial charge is 0.491 e. The zero-order valence-corrected chi connectivity index (χ0v) is 40.7. The number of thiazole rings is 1. The Labute approximate surface area is 414 Å². The third-order valence-electron chi connectivity index (χ3n) is 14.1. The second-order valence-corrected chi connectivity index (χ2v) is 20.0. The molecule has 0 radical (unpaired) electrons. The van der Waals surface area contributed by atoms with Crippen LogP contribution in [-0.4, -0.2) is 91.6 Å². The summed E-state index contributed by atoms with van der Waals surface area (Å²) in [7, 11) is 1.81. The SMILES string of the molecule is Cc1cc(O[C@@H](C)CCC2CCN(CC(=O)Nc3ccc4c(C5CCC(=O)NC5=O)nn(C)c4c3)CC2)ccc1-c1ccc(N2CCc3cccc(C(=O)Nc4nc5ccccc5s4)c3C2)nc1C(=O)O. The average Bonchev–Trinajstić information content (AvgIpc) is 3.92. The fraction of sp³-hybridized carbons (Fsp3) is 0.333. The number of hydrogen-bond donors (Lipinski definition) is 4. The van der Waals surface area contributed by atoms with E-state index in [1.165, 1.54) is 11.3 Å². The van der Waals surface area contributed by atoms with E-state index < -0.39 is 11.9 Å². The Morgan fingerprint density at radius 3 is 2.51 bits per heavy atom. The van der Waals surface area contributed by atoms with Crippen molar-refractivity contribution in [2.45, 2.75) is 77.4 Å². The summed E-state index contributed by atoms with van der Waals surface area (Å²) in [6, 6.07) is 28.5. The molecule has 3 aliphatic heterocycles. The molecule has 10 rings (SSSR count). The molecule has 4 amide bonds. The minimum Gasteiger partial charge on any atom is -0.491 e. The molecule has 7 aromatic rings. The first-order valence-electron chi connectivity index (χ1n) is 24.2. The highest BCUT2D eigenvalue weighted by Gasteiger charge is 2.32. The van der Waals surface area contributed by atoms with Crippen molar-refractivity contribution in [1.29, 1.82) is 0 Å². The van der Waals surface area contributed by atoms with Gasteiger partial charge in [-0.3, -0.25) is 39.4 Å². The molecule has 364 valence electrons. The van der Waals surface area contributed by atoms with E-state index in [4.69, 9.17) is 9.72 Å². The molecule has 1 unspecified atom stereocenters. The molecule has 3 aromatic heterocycles. The summed E-state index contributed by atoms with van der Waals surface area (Å²) in [6.45, 7) is 7.00. The number of anilines is 3. The number of rotatable bonds is 14. The lowest BCUT2D eigenvalue weighted by atomic mass is 9.91. The highest BCUT2D eigenvalue weighted by molar-refractivity contribution is 7.22. The Hall–Kier alpha value is -7.50. The second-order valence-electron chi connectivity index (χ2n) is 18.9. The van der Waals surface area contributed by atoms with Crippen molar-refractivity contribution >= 4 is 78.7 Å². The van der Waals surface area contributed by atoms with Crippen molar-refractivity contribution in [2.24, 2.45) is 13.0 Å². The summed E-state index contributed by atoms with van der Waals surface area (Å²) < 4.78 is 9.09. The van der Waals surface area contributed by atoms with Gasteiger partial charge in [0, 0.05) is 48.8 Å². The standard InChI is InChI=1S/C54H55N9O7S/c1-31-27-36(70-32(2)11-12-33-21-24-62(25-22-33)30-48(65)55-35-13-15-40-44(28-35)61(3)60-49(40)41-18-20-47(64)58-52(41)67)14-16-37(31)38-17-19-46(57-50(38)53(68)69)63-26-23-34-7-6-8-39(42(34)29-63)51(66)59-54-56-43-9-4-5-10-45(43)71-54/h4-10,13-17,19,27-28,32-33,41H,11-12,18,20-26,29-30H2,1-3H3,(H,55,65)(H,68,69)(H,56,59,66)(H,58,64,67)/t32-,41?/m0/s1. The number of aromatic carboxylic acids is 1. The van der Waals surface area contributed by atoms with Crippen molar-refractivity contribution < 1.29 is 33.8 Å². The topological polar surface area (TPSA) is 201 Å². The van der Waals surface area contributed by atoms with Gasteiger partial charge in [0.1, 0.15) is 11.6 Å². The van der Waals surface area contributed by atoms with Crippen LogP contribution < -0.4 is 25.6 Å². The van der Waals surface area contributed by atoms with E-state index in [0.717, 1.165) is 82.1 Å². The minimum absolute atomic E-state index is 0.0368. The lowest BCUT2D eigenvalue weighted by Crippen LogP contribution is -2.39. The highest BCUT2D eigenvalue weighted by atomic mass is 32.1. The van der Waals surface area contributed by atoms with Gasteiger partial charge in [-0.25, -0.2) is 14.8 Å². The highest BCUT2D eigenvalue weighted by Crippen LogP contribution is 2.35. The molecule has 71 heavy (non-hydrogen) atoms. The first-order valence-corrected chi connectivity index (χ1v) is 25.0. The van der Waals surface area contributed by atoms with E-state index >= 15 is 0 Å². The number of carbonyl (C=O) groups is 5. The Morgan fingerprint density at radius 1 is 0.901 bits per heavy atom. The van der Waals surface area contributed by atoms with Gasteiger partial charge in [-0.2, -0.15) is 5.10 Å². The number of ether oxygens (including phenoxy) is 1. The number of aromatic nitrogens is 4. The third-order valence-corrected chi connectivity index (χ3v) is 15.0. The number of carboxylic acid groups (broad SMARTS) is 1. The van der Waals surface area contributed by atoms with Crippen LogP contribution in [0.3, 0.4) is 0 Å². The quantitative estimate of drug-likeness (QED) is 0.0759. The Bertz CT molecular complexity index is 3200. The summed E-state index contributed by atoms with van der Waals surface area (Å²) in [6.07, 6.45) is 5.20. The molecule has 0 aliphatic carbocycles. The van der Waals surface area contributed by atoms with Crippen LogP contribution in [-0.2, 0) is 34.4 Å². The molecule has 2 saturated heterocycles. The molecule has 17 heteroatoms. The third kappa shape index (κ3) is 10.2. The van der Waals surface area contributed by atoms with Gasteiger partial charge in [0.05, 0.1) is 40.0 Å². The first kappa shape index (κ1) is 47.2. The van der Waals surface area contributed by atoms with E-state index in [1.54, 1.807) is 11.7 Å². The Kier molecular flexibility index (Phi) is 13.3. The number of piperidine rings is 2. The lowest BCUT2D eigenvalue weighted by molar-refractivity contribution is -0.134. The number of para-hydroxylation sites is 1. The summed E-state index contributed by atoms with van der Waals surface area (Å²) in [4.78, 5) is 77.2. The molecule has 0 spiro atoms. The number of nitrogens with one attached hydrogen (secondary N) is 3. The van der Waals surface area contributed by atoms with Gasteiger partial charge < -0.3 is 20.1 Å². The van der Waals surface area contributed by atoms with Crippen LogP contribution in [0, 0.1) is 12.8 Å². The zero-order chi connectivity index (χ0) is 49.3. The number of likely N-dealkylation sites (tertiary alicyclic amines) is 1. The van der Waals surface area contributed by atoms with Crippen molar-refractivity contribution in [2.75, 3.05) is 41.7 Å². The van der Waals surface area contributed by atoms with Gasteiger partial charge in [0.2, 0.25) is 17.7 Å². The smallest absolute Gasteiger partial charge is 0.355 e. The predicted molar refractivity (Wildman–Crippen MR) is 273 cm³/mol. The van der Waals surface area contributed by atoms with E-state index in [2.05, 4.69) is 37.9 Å². The van der Waals surface area contributed by atoms with Crippen molar-refractivity contribution in [1.82, 2.24) is 30.0 Å². The maximum Gasteiger partial charge on any atom is 0.355 e. The molecular formula is C54H55N9O7S. The minimum atomic E-state index is -1.12. The monoisotopic (exact) mass is 973 g/mol. The van der Waals surface area contributed by atoms with E-state index in [9.17, 15) is 29.1 Å². The van der Waals surface area contributed by atoms with Crippen molar-refractivity contribution in [3.63, 3.8) is 0 Å². The fourth-order valence-corrected chi connectivity index (χ4v) is 11.1. The number of imide groups is 1. The maximum absolute atomic E-state index is 13.6. The molecule has 0 saturated carbocycles. The van der Waals surface area contributed by atoms with E-state index in [-0.39, 0.29) is 41.8 Å². The summed E-state index contributed by atoms with van der Waals surface area (Å²) in [5.41, 5.74) is 7.54. The average molecular weight is 974 g/mol. The number of hydrogen-bond acceptors (Lipinski definition) is 12.